The molecule has 0 amide bonds. The van der Waals surface area contributed by atoms with Crippen molar-refractivity contribution in [3.63, 3.8) is 0 Å². The third-order valence-corrected chi connectivity index (χ3v) is 4.67. The van der Waals surface area contributed by atoms with Crippen molar-refractivity contribution in [2.24, 2.45) is 0 Å². The maximum atomic E-state index is 12.4. The lowest BCUT2D eigenvalue weighted by molar-refractivity contribution is 0.403. The summed E-state index contributed by atoms with van der Waals surface area (Å²) in [5, 5.41) is 0.0381. The van der Waals surface area contributed by atoms with Crippen molar-refractivity contribution < 1.29 is 13.2 Å². The Balaban J connectivity index is 2.46. The molecular formula is C12H11BrClN3O3S. The van der Waals surface area contributed by atoms with Crippen molar-refractivity contribution in [1.82, 2.24) is 4.98 Å². The van der Waals surface area contributed by atoms with Crippen LogP contribution in [0, 0.1) is 0 Å². The minimum absolute atomic E-state index is 0.0381. The topological polar surface area (TPSA) is 94.3 Å². The molecule has 0 unspecified atom stereocenters. The Labute approximate surface area is 135 Å². The van der Waals surface area contributed by atoms with Crippen LogP contribution < -0.4 is 15.2 Å². The molecule has 0 fully saturated rings. The molecule has 0 saturated carbocycles. The predicted molar refractivity (Wildman–Crippen MR) is 85.2 cm³/mol. The van der Waals surface area contributed by atoms with Gasteiger partial charge in [0.25, 0.3) is 10.0 Å². The molecular weight excluding hydrogens is 382 g/mol. The van der Waals surface area contributed by atoms with Crippen molar-refractivity contribution in [2.75, 3.05) is 17.6 Å². The van der Waals surface area contributed by atoms with Crippen LogP contribution in [0.1, 0.15) is 0 Å². The Morgan fingerprint density at radius 1 is 1.38 bits per heavy atom. The second kappa shape index (κ2) is 6.08. The van der Waals surface area contributed by atoms with Gasteiger partial charge >= 0.3 is 0 Å². The molecule has 0 aliphatic heterocycles. The number of nitrogens with zero attached hydrogens (tertiary/aromatic N) is 1. The van der Waals surface area contributed by atoms with E-state index in [0.29, 0.717) is 10.2 Å². The van der Waals surface area contributed by atoms with Crippen LogP contribution in [0.3, 0.4) is 0 Å². The van der Waals surface area contributed by atoms with Gasteiger partial charge in [-0.05, 0) is 34.1 Å². The third kappa shape index (κ3) is 3.58. The Kier molecular flexibility index (Phi) is 4.60. The van der Waals surface area contributed by atoms with Gasteiger partial charge in [-0.15, -0.1) is 0 Å². The smallest absolute Gasteiger partial charge is 0.265 e. The van der Waals surface area contributed by atoms with E-state index < -0.39 is 10.0 Å². The average Bonchev–Trinajstić information content (AvgIpc) is 2.42. The van der Waals surface area contributed by atoms with E-state index in [0.717, 1.165) is 0 Å². The summed E-state index contributed by atoms with van der Waals surface area (Å²) in [6.07, 6.45) is 1.46. The highest BCUT2D eigenvalue weighted by atomic mass is 79.9. The van der Waals surface area contributed by atoms with Crippen molar-refractivity contribution in [3.8, 4) is 5.75 Å². The van der Waals surface area contributed by atoms with Crippen LogP contribution in [0.5, 0.6) is 5.75 Å². The van der Waals surface area contributed by atoms with Gasteiger partial charge in [-0.25, -0.2) is 13.4 Å². The molecule has 0 radical (unpaired) electrons. The molecule has 0 saturated heterocycles. The number of hydrogen-bond donors (Lipinski definition) is 2. The van der Waals surface area contributed by atoms with Crippen LogP contribution in [-0.4, -0.2) is 20.5 Å². The average molecular weight is 393 g/mol. The number of methoxy groups -OCH3 is 1. The Hall–Kier alpha value is -1.51. The number of rotatable bonds is 4. The number of hydrogen-bond acceptors (Lipinski definition) is 5. The number of benzene rings is 1. The summed E-state index contributed by atoms with van der Waals surface area (Å²) in [4.78, 5) is 3.81. The summed E-state index contributed by atoms with van der Waals surface area (Å²) in [5.41, 5.74) is 6.16. The SMILES string of the molecule is COc1cc(N)ccc1S(=O)(=O)Nc1cc(Br)cnc1Cl. The highest BCUT2D eigenvalue weighted by Crippen LogP contribution is 2.30. The van der Waals surface area contributed by atoms with E-state index in [4.69, 9.17) is 22.1 Å². The minimum atomic E-state index is -3.89. The molecule has 3 N–H and O–H groups in total. The van der Waals surface area contributed by atoms with E-state index in [1.807, 2.05) is 0 Å². The standard InChI is InChI=1S/C12H11BrClN3O3S/c1-20-10-5-8(15)2-3-11(10)21(18,19)17-9-4-7(13)6-16-12(9)14/h2-6,17H,15H2,1H3. The largest absolute Gasteiger partial charge is 0.495 e. The highest BCUT2D eigenvalue weighted by Gasteiger charge is 2.21. The number of anilines is 2. The van der Waals surface area contributed by atoms with Crippen molar-refractivity contribution in [2.45, 2.75) is 4.90 Å². The number of halogens is 2. The van der Waals surface area contributed by atoms with E-state index in [9.17, 15) is 8.42 Å². The van der Waals surface area contributed by atoms with E-state index in [1.165, 1.54) is 37.6 Å². The lowest BCUT2D eigenvalue weighted by Crippen LogP contribution is -2.14. The van der Waals surface area contributed by atoms with Gasteiger partial charge in [0.1, 0.15) is 10.6 Å². The van der Waals surface area contributed by atoms with E-state index in [1.54, 1.807) is 0 Å². The zero-order valence-electron chi connectivity index (χ0n) is 10.8. The fraction of sp³-hybridized carbons (Fsp3) is 0.0833. The molecule has 1 aromatic heterocycles. The van der Waals surface area contributed by atoms with E-state index in [2.05, 4.69) is 25.6 Å². The van der Waals surface area contributed by atoms with E-state index >= 15 is 0 Å². The molecule has 21 heavy (non-hydrogen) atoms. The molecule has 0 bridgehead atoms. The quantitative estimate of drug-likeness (QED) is 0.616. The predicted octanol–water partition coefficient (Wildman–Crippen LogP) is 2.89. The number of nitrogen functional groups attached to an aromatic ring is 1. The molecule has 0 spiro atoms. The van der Waals surface area contributed by atoms with Gasteiger partial charge in [0.15, 0.2) is 5.15 Å². The molecule has 2 rings (SSSR count). The maximum Gasteiger partial charge on any atom is 0.265 e. The second-order valence-corrected chi connectivity index (χ2v) is 6.93. The first-order valence-corrected chi connectivity index (χ1v) is 8.26. The van der Waals surface area contributed by atoms with Crippen molar-refractivity contribution in [3.05, 3.63) is 40.1 Å². The van der Waals surface area contributed by atoms with Crippen LogP contribution in [0.4, 0.5) is 11.4 Å². The number of pyridine rings is 1. The van der Waals surface area contributed by atoms with E-state index in [-0.39, 0.29) is 21.5 Å². The summed E-state index contributed by atoms with van der Waals surface area (Å²) in [7, 11) is -2.53. The maximum absolute atomic E-state index is 12.4. The summed E-state index contributed by atoms with van der Waals surface area (Å²) < 4.78 is 32.8. The fourth-order valence-corrected chi connectivity index (χ4v) is 3.35. The molecule has 9 heteroatoms. The zero-order chi connectivity index (χ0) is 15.6. The number of ether oxygens (including phenoxy) is 1. The van der Waals surface area contributed by atoms with Crippen molar-refractivity contribution in [1.29, 1.82) is 0 Å². The van der Waals surface area contributed by atoms with Crippen molar-refractivity contribution >= 4 is 48.9 Å². The van der Waals surface area contributed by atoms with Gasteiger partial charge in [-0.2, -0.15) is 0 Å². The van der Waals surface area contributed by atoms with Crippen LogP contribution in [0.15, 0.2) is 39.8 Å². The number of aromatic nitrogens is 1. The Bertz CT molecular complexity index is 783. The van der Waals surface area contributed by atoms with Gasteiger partial charge in [0, 0.05) is 22.4 Å². The summed E-state index contributed by atoms with van der Waals surface area (Å²) >= 11 is 9.08. The van der Waals surface area contributed by atoms with Gasteiger partial charge in [-0.1, -0.05) is 11.6 Å². The lowest BCUT2D eigenvalue weighted by atomic mass is 10.3. The number of sulfonamides is 1. The van der Waals surface area contributed by atoms with Crippen LogP contribution in [0.25, 0.3) is 0 Å². The Morgan fingerprint density at radius 2 is 2.10 bits per heavy atom. The summed E-state index contributed by atoms with van der Waals surface area (Å²) in [6, 6.07) is 5.76. The number of nitrogens with two attached hydrogens (primary N) is 1. The molecule has 1 aromatic carbocycles. The first-order chi connectivity index (χ1) is 9.83. The molecule has 0 aliphatic carbocycles. The second-order valence-electron chi connectivity index (χ2n) is 4.01. The first-order valence-electron chi connectivity index (χ1n) is 5.61. The molecule has 112 valence electrons. The van der Waals surface area contributed by atoms with Gasteiger partial charge in [0.2, 0.25) is 0 Å². The molecule has 0 aliphatic rings. The monoisotopic (exact) mass is 391 g/mol. The Morgan fingerprint density at radius 3 is 2.76 bits per heavy atom. The van der Waals surface area contributed by atoms with Gasteiger partial charge < -0.3 is 10.5 Å². The van der Waals surface area contributed by atoms with Gasteiger partial charge in [0.05, 0.1) is 12.8 Å². The van der Waals surface area contributed by atoms with Crippen LogP contribution >= 0.6 is 27.5 Å². The highest BCUT2D eigenvalue weighted by molar-refractivity contribution is 9.10. The molecule has 1 heterocycles. The molecule has 2 aromatic rings. The first kappa shape index (κ1) is 15.9. The van der Waals surface area contributed by atoms with Crippen LogP contribution in [-0.2, 0) is 10.0 Å². The lowest BCUT2D eigenvalue weighted by Gasteiger charge is -2.12. The molecule has 0 atom stereocenters. The van der Waals surface area contributed by atoms with Crippen LogP contribution in [0.2, 0.25) is 5.15 Å². The third-order valence-electron chi connectivity index (χ3n) is 2.53. The zero-order valence-corrected chi connectivity index (χ0v) is 14.0. The van der Waals surface area contributed by atoms with Gasteiger partial charge in [-0.3, -0.25) is 4.72 Å². The number of nitrogens with one attached hydrogen (secondary N) is 1. The fourth-order valence-electron chi connectivity index (χ4n) is 1.60. The molecule has 6 nitrogen and oxygen atoms in total. The normalized spacial score (nSPS) is 11.2. The summed E-state index contributed by atoms with van der Waals surface area (Å²) in [6.45, 7) is 0. The summed E-state index contributed by atoms with van der Waals surface area (Å²) in [5.74, 6) is 0.140. The minimum Gasteiger partial charge on any atom is -0.495 e.